The van der Waals surface area contributed by atoms with Crippen molar-refractivity contribution in [3.8, 4) is 0 Å². The lowest BCUT2D eigenvalue weighted by Gasteiger charge is -2.35. The summed E-state index contributed by atoms with van der Waals surface area (Å²) in [7, 11) is 3.61. The van der Waals surface area contributed by atoms with Gasteiger partial charge in [0.1, 0.15) is 12.6 Å². The van der Waals surface area contributed by atoms with Crippen LogP contribution in [0, 0.1) is 0 Å². The van der Waals surface area contributed by atoms with Crippen LogP contribution >= 0.6 is 0 Å². The average Bonchev–Trinajstić information content (AvgIpc) is 1.99. The van der Waals surface area contributed by atoms with E-state index in [0.717, 1.165) is 0 Å². The third-order valence-corrected chi connectivity index (χ3v) is 1.98. The second-order valence-corrected chi connectivity index (χ2v) is 3.86. The molecule has 0 amide bonds. The molecule has 0 saturated heterocycles. The molecular weight excluding hydrogens is 168 g/mol. The first-order chi connectivity index (χ1) is 5.81. The van der Waals surface area contributed by atoms with Crippen LogP contribution in [-0.4, -0.2) is 48.3 Å². The molecule has 0 aromatic carbocycles. The number of aliphatic hydroxyl groups is 1. The predicted molar refractivity (Wildman–Crippen MR) is 51.8 cm³/mol. The SMILES string of the molecule is C=CC(=O)C(N)[N+](C)(C)CC(C)O. The van der Waals surface area contributed by atoms with Crippen LogP contribution in [0.3, 0.4) is 0 Å². The van der Waals surface area contributed by atoms with Gasteiger partial charge in [-0.15, -0.1) is 0 Å². The first-order valence-corrected chi connectivity index (χ1v) is 4.24. The second-order valence-electron chi connectivity index (χ2n) is 3.86. The zero-order valence-electron chi connectivity index (χ0n) is 8.53. The Hall–Kier alpha value is -0.710. The van der Waals surface area contributed by atoms with Gasteiger partial charge in [-0.2, -0.15) is 0 Å². The van der Waals surface area contributed by atoms with Crippen molar-refractivity contribution in [2.45, 2.75) is 19.2 Å². The van der Waals surface area contributed by atoms with Crippen LogP contribution in [0.1, 0.15) is 6.92 Å². The molecule has 2 unspecified atom stereocenters. The van der Waals surface area contributed by atoms with E-state index in [1.54, 1.807) is 21.0 Å². The average molecular weight is 187 g/mol. The van der Waals surface area contributed by atoms with Gasteiger partial charge in [0.2, 0.25) is 11.9 Å². The van der Waals surface area contributed by atoms with E-state index in [2.05, 4.69) is 6.58 Å². The highest BCUT2D eigenvalue weighted by molar-refractivity contribution is 5.92. The number of hydrogen-bond acceptors (Lipinski definition) is 3. The van der Waals surface area contributed by atoms with Crippen molar-refractivity contribution in [2.24, 2.45) is 5.73 Å². The Kier molecular flexibility index (Phi) is 4.26. The zero-order valence-corrected chi connectivity index (χ0v) is 8.53. The van der Waals surface area contributed by atoms with E-state index in [1.165, 1.54) is 6.08 Å². The highest BCUT2D eigenvalue weighted by Crippen LogP contribution is 2.05. The molecule has 0 spiro atoms. The normalized spacial score (nSPS) is 16.4. The molecule has 13 heavy (non-hydrogen) atoms. The van der Waals surface area contributed by atoms with Gasteiger partial charge in [-0.25, -0.2) is 0 Å². The standard InChI is InChI=1S/C9H19N2O2/c1-5-8(13)9(10)11(3,4)6-7(2)12/h5,7,9,12H,1,6,10H2,2-4H3/q+1. The van der Waals surface area contributed by atoms with E-state index in [-0.39, 0.29) is 10.3 Å². The fourth-order valence-electron chi connectivity index (χ4n) is 1.26. The summed E-state index contributed by atoms with van der Waals surface area (Å²) in [6, 6.07) is 0. The summed E-state index contributed by atoms with van der Waals surface area (Å²) in [6.07, 6.45) is 0.0953. The first kappa shape index (κ1) is 12.3. The molecule has 0 aliphatic rings. The Labute approximate surface area is 79.2 Å². The van der Waals surface area contributed by atoms with Crippen molar-refractivity contribution in [1.29, 1.82) is 0 Å². The highest BCUT2D eigenvalue weighted by Gasteiger charge is 2.30. The number of rotatable bonds is 5. The van der Waals surface area contributed by atoms with Crippen LogP contribution in [-0.2, 0) is 4.79 Å². The smallest absolute Gasteiger partial charge is 0.227 e. The largest absolute Gasteiger partial charge is 0.388 e. The summed E-state index contributed by atoms with van der Waals surface area (Å²) in [5.74, 6) is -0.203. The predicted octanol–water partition coefficient (Wildman–Crippen LogP) is -0.516. The van der Waals surface area contributed by atoms with E-state index in [0.29, 0.717) is 6.54 Å². The fraction of sp³-hybridized carbons (Fsp3) is 0.667. The third kappa shape index (κ3) is 3.67. The molecule has 4 nitrogen and oxygen atoms in total. The number of carbonyl (C=O) groups is 1. The molecule has 0 saturated carbocycles. The number of ketones is 1. The molecule has 0 aromatic rings. The number of carbonyl (C=O) groups excluding carboxylic acids is 1. The molecular formula is C9H19N2O2+. The van der Waals surface area contributed by atoms with Gasteiger partial charge in [0.25, 0.3) is 0 Å². The van der Waals surface area contributed by atoms with Crippen molar-refractivity contribution in [3.05, 3.63) is 12.7 Å². The second kappa shape index (κ2) is 4.50. The van der Waals surface area contributed by atoms with Crippen LogP contribution in [0.15, 0.2) is 12.7 Å². The van der Waals surface area contributed by atoms with Gasteiger partial charge in [0.05, 0.1) is 14.1 Å². The zero-order chi connectivity index (χ0) is 10.6. The molecule has 0 aliphatic carbocycles. The lowest BCUT2D eigenvalue weighted by molar-refractivity contribution is -0.908. The maximum Gasteiger partial charge on any atom is 0.227 e. The molecule has 0 aliphatic heterocycles. The first-order valence-electron chi connectivity index (χ1n) is 4.24. The summed E-state index contributed by atoms with van der Waals surface area (Å²) in [5.41, 5.74) is 5.69. The quantitative estimate of drug-likeness (QED) is 0.346. The van der Waals surface area contributed by atoms with Gasteiger partial charge in [-0.05, 0) is 13.0 Å². The van der Waals surface area contributed by atoms with Crippen LogP contribution in [0.25, 0.3) is 0 Å². The monoisotopic (exact) mass is 187 g/mol. The van der Waals surface area contributed by atoms with E-state index in [1.807, 2.05) is 0 Å². The van der Waals surface area contributed by atoms with Crippen LogP contribution in [0.4, 0.5) is 0 Å². The van der Waals surface area contributed by atoms with E-state index >= 15 is 0 Å². The number of quaternary nitrogens is 1. The van der Waals surface area contributed by atoms with E-state index in [4.69, 9.17) is 5.73 Å². The Morgan fingerprint density at radius 2 is 2.15 bits per heavy atom. The summed E-state index contributed by atoms with van der Waals surface area (Å²) in [5, 5.41) is 9.18. The molecule has 0 aromatic heterocycles. The van der Waals surface area contributed by atoms with Gasteiger partial charge < -0.3 is 9.59 Å². The van der Waals surface area contributed by atoms with Crippen molar-refractivity contribution < 1.29 is 14.4 Å². The summed E-state index contributed by atoms with van der Waals surface area (Å²) < 4.78 is 0.266. The maximum absolute atomic E-state index is 11.2. The van der Waals surface area contributed by atoms with Gasteiger partial charge in [0.15, 0.2) is 0 Å². The Bertz CT molecular complexity index is 200. The van der Waals surface area contributed by atoms with E-state index in [9.17, 15) is 9.90 Å². The topological polar surface area (TPSA) is 63.3 Å². The third-order valence-electron chi connectivity index (χ3n) is 1.98. The minimum Gasteiger partial charge on any atom is -0.388 e. The number of likely N-dealkylation sites (N-methyl/N-ethyl adjacent to an activating group) is 1. The van der Waals surface area contributed by atoms with E-state index < -0.39 is 12.3 Å². The molecule has 4 heteroatoms. The van der Waals surface area contributed by atoms with Crippen molar-refractivity contribution in [2.75, 3.05) is 20.6 Å². The molecule has 76 valence electrons. The molecule has 3 N–H and O–H groups in total. The molecule has 0 rings (SSSR count). The summed E-state index contributed by atoms with van der Waals surface area (Å²) in [4.78, 5) is 11.2. The highest BCUT2D eigenvalue weighted by atomic mass is 16.3. The van der Waals surface area contributed by atoms with Gasteiger partial charge in [-0.3, -0.25) is 10.5 Å². The lowest BCUT2D eigenvalue weighted by Crippen LogP contribution is -2.59. The Balaban J connectivity index is 4.43. The number of hydrogen-bond donors (Lipinski definition) is 2. The fourth-order valence-corrected chi connectivity index (χ4v) is 1.26. The Morgan fingerprint density at radius 1 is 1.69 bits per heavy atom. The molecule has 2 atom stereocenters. The van der Waals surface area contributed by atoms with Gasteiger partial charge in [0, 0.05) is 0 Å². The number of aliphatic hydroxyl groups excluding tert-OH is 1. The Morgan fingerprint density at radius 3 is 2.46 bits per heavy atom. The maximum atomic E-state index is 11.2. The van der Waals surface area contributed by atoms with Crippen molar-refractivity contribution in [3.63, 3.8) is 0 Å². The lowest BCUT2D eigenvalue weighted by atomic mass is 10.2. The van der Waals surface area contributed by atoms with Gasteiger partial charge >= 0.3 is 0 Å². The van der Waals surface area contributed by atoms with Crippen LogP contribution in [0.5, 0.6) is 0 Å². The molecule has 0 heterocycles. The number of nitrogens with zero attached hydrogens (tertiary/aromatic N) is 1. The number of nitrogens with two attached hydrogens (primary N) is 1. The minimum atomic E-state index is -0.646. The van der Waals surface area contributed by atoms with Crippen molar-refractivity contribution >= 4 is 5.78 Å². The van der Waals surface area contributed by atoms with Gasteiger partial charge in [-0.1, -0.05) is 6.58 Å². The van der Waals surface area contributed by atoms with Crippen molar-refractivity contribution in [1.82, 2.24) is 0 Å². The molecule has 0 bridgehead atoms. The van der Waals surface area contributed by atoms with Crippen LogP contribution < -0.4 is 5.73 Å². The van der Waals surface area contributed by atoms with Crippen LogP contribution in [0.2, 0.25) is 0 Å². The molecule has 0 radical (unpaired) electrons. The summed E-state index contributed by atoms with van der Waals surface area (Å²) in [6.45, 7) is 5.49. The minimum absolute atomic E-state index is 0.203. The molecule has 0 fully saturated rings. The summed E-state index contributed by atoms with van der Waals surface area (Å²) >= 11 is 0.